The lowest BCUT2D eigenvalue weighted by atomic mass is 10.3. The first kappa shape index (κ1) is 6.92. The second kappa shape index (κ2) is 3.10. The molecule has 0 atom stereocenters. The van der Waals surface area contributed by atoms with Gasteiger partial charge in [0.2, 0.25) is 0 Å². The highest BCUT2D eigenvalue weighted by atomic mass is 16.8. The van der Waals surface area contributed by atoms with E-state index in [9.17, 15) is 0 Å². The van der Waals surface area contributed by atoms with Crippen LogP contribution in [0.1, 0.15) is 13.8 Å². The van der Waals surface area contributed by atoms with Gasteiger partial charge in [-0.3, -0.25) is 4.94 Å². The second-order valence-electron chi connectivity index (χ2n) is 1.83. The zero-order chi connectivity index (χ0) is 7.40. The summed E-state index contributed by atoms with van der Waals surface area (Å²) in [6.45, 7) is 4.38. The molecule has 0 aromatic carbocycles. The summed E-state index contributed by atoms with van der Waals surface area (Å²) < 4.78 is 5.18. The molecule has 4 heteroatoms. The summed E-state index contributed by atoms with van der Waals surface area (Å²) in [5.41, 5.74) is 3.23. The van der Waals surface area contributed by atoms with Crippen LogP contribution in [0.4, 0.5) is 0 Å². The lowest BCUT2D eigenvalue weighted by Gasteiger charge is -2.11. The highest BCUT2D eigenvalue weighted by Crippen LogP contribution is 2.02. The Kier molecular flexibility index (Phi) is 2.15. The summed E-state index contributed by atoms with van der Waals surface area (Å²) >= 11 is 0. The highest BCUT2D eigenvalue weighted by Gasteiger charge is 2.06. The van der Waals surface area contributed by atoms with E-state index in [-0.39, 0.29) is 0 Å². The smallest absolute Gasteiger partial charge is 0.162 e. The van der Waals surface area contributed by atoms with Crippen LogP contribution in [0.25, 0.3) is 0 Å². The first-order chi connectivity index (χ1) is 4.84. The summed E-state index contributed by atoms with van der Waals surface area (Å²) in [4.78, 5) is 4.54. The molecule has 0 amide bonds. The monoisotopic (exact) mass is 142 g/mol. The Morgan fingerprint density at radius 2 is 2.60 bits per heavy atom. The normalized spacial score (nSPS) is 16.2. The highest BCUT2D eigenvalue weighted by molar-refractivity contribution is 5.96. The van der Waals surface area contributed by atoms with Gasteiger partial charge >= 0.3 is 0 Å². The van der Waals surface area contributed by atoms with Gasteiger partial charge in [0.25, 0.3) is 0 Å². The third-order valence-electron chi connectivity index (χ3n) is 1.08. The molecule has 0 bridgehead atoms. The number of rotatable bonds is 2. The van der Waals surface area contributed by atoms with E-state index in [2.05, 4.69) is 15.6 Å². The van der Waals surface area contributed by atoms with E-state index in [1.165, 1.54) is 0 Å². The molecule has 1 heterocycles. The van der Waals surface area contributed by atoms with Crippen molar-refractivity contribution in [2.24, 2.45) is 5.16 Å². The fourth-order valence-electron chi connectivity index (χ4n) is 0.626. The number of hydrogen-bond donors (Lipinski definition) is 1. The van der Waals surface area contributed by atoms with Crippen LogP contribution in [0, 0.1) is 0 Å². The molecular weight excluding hydrogens is 132 g/mol. The van der Waals surface area contributed by atoms with Gasteiger partial charge in [-0.2, -0.15) is 0 Å². The minimum absolute atomic E-state index is 0.639. The van der Waals surface area contributed by atoms with Crippen LogP contribution in [-0.4, -0.2) is 12.3 Å². The molecule has 0 fully saturated rings. The van der Waals surface area contributed by atoms with E-state index < -0.39 is 0 Å². The van der Waals surface area contributed by atoms with Crippen molar-refractivity contribution in [1.29, 1.82) is 0 Å². The summed E-state index contributed by atoms with van der Waals surface area (Å²) in [6, 6.07) is 0. The topological polar surface area (TPSA) is 42.8 Å². The standard InChI is InChI=1S/C6H10N2O2/c1-3-9-6-4-7-10-8-5(6)2/h4,7H,3H2,1-2H3. The summed E-state index contributed by atoms with van der Waals surface area (Å²) in [7, 11) is 0. The number of hydroxylamine groups is 1. The van der Waals surface area contributed by atoms with Crippen LogP contribution in [0.3, 0.4) is 0 Å². The van der Waals surface area contributed by atoms with Crippen molar-refractivity contribution in [1.82, 2.24) is 5.48 Å². The first-order valence-corrected chi connectivity index (χ1v) is 3.14. The molecule has 0 aromatic rings. The van der Waals surface area contributed by atoms with Crippen LogP contribution in [0.2, 0.25) is 0 Å². The maximum absolute atomic E-state index is 5.18. The molecule has 0 unspecified atom stereocenters. The first-order valence-electron chi connectivity index (χ1n) is 3.14. The van der Waals surface area contributed by atoms with Crippen molar-refractivity contribution in [3.8, 4) is 0 Å². The number of hydrogen-bond acceptors (Lipinski definition) is 4. The molecule has 0 saturated heterocycles. The Bertz CT molecular complexity index is 175. The predicted molar refractivity (Wildman–Crippen MR) is 37.0 cm³/mol. The molecule has 56 valence electrons. The number of nitrogens with one attached hydrogen (secondary N) is 1. The Morgan fingerprint density at radius 1 is 1.80 bits per heavy atom. The van der Waals surface area contributed by atoms with Crippen molar-refractivity contribution in [3.05, 3.63) is 12.0 Å². The van der Waals surface area contributed by atoms with Crippen molar-refractivity contribution < 1.29 is 9.68 Å². The molecule has 0 saturated carbocycles. The Hall–Kier alpha value is -1.19. The number of allylic oxidation sites excluding steroid dienone is 1. The largest absolute Gasteiger partial charge is 0.490 e. The number of oxime groups is 1. The molecule has 0 spiro atoms. The van der Waals surface area contributed by atoms with Crippen molar-refractivity contribution in [2.45, 2.75) is 13.8 Å². The molecule has 1 N–H and O–H groups in total. The van der Waals surface area contributed by atoms with Gasteiger partial charge in [0.15, 0.2) is 5.76 Å². The van der Waals surface area contributed by atoms with Crippen molar-refractivity contribution in [2.75, 3.05) is 6.61 Å². The maximum Gasteiger partial charge on any atom is 0.162 e. The molecular formula is C6H10N2O2. The van der Waals surface area contributed by atoms with Crippen LogP contribution in [0.15, 0.2) is 17.1 Å². The third kappa shape index (κ3) is 1.40. The van der Waals surface area contributed by atoms with Crippen LogP contribution in [0.5, 0.6) is 0 Å². The van der Waals surface area contributed by atoms with E-state index >= 15 is 0 Å². The van der Waals surface area contributed by atoms with Gasteiger partial charge in [-0.05, 0) is 13.8 Å². The Balaban J connectivity index is 2.56. The average Bonchev–Trinajstić information content (AvgIpc) is 1.94. The summed E-state index contributed by atoms with van der Waals surface area (Å²) in [5, 5.41) is 3.64. The van der Waals surface area contributed by atoms with Gasteiger partial charge in [0, 0.05) is 0 Å². The quantitative estimate of drug-likeness (QED) is 0.619. The second-order valence-corrected chi connectivity index (χ2v) is 1.83. The average molecular weight is 142 g/mol. The zero-order valence-corrected chi connectivity index (χ0v) is 6.05. The number of nitrogens with zero attached hydrogens (tertiary/aromatic N) is 1. The molecule has 0 aliphatic carbocycles. The van der Waals surface area contributed by atoms with Crippen LogP contribution < -0.4 is 5.48 Å². The lowest BCUT2D eigenvalue weighted by Crippen LogP contribution is -2.16. The zero-order valence-electron chi connectivity index (χ0n) is 6.05. The molecule has 4 nitrogen and oxygen atoms in total. The van der Waals surface area contributed by atoms with Gasteiger partial charge in [-0.15, -0.1) is 0 Å². The van der Waals surface area contributed by atoms with E-state index in [4.69, 9.17) is 4.74 Å². The van der Waals surface area contributed by atoms with Gasteiger partial charge in [-0.1, -0.05) is 5.16 Å². The van der Waals surface area contributed by atoms with E-state index in [0.29, 0.717) is 6.61 Å². The fraction of sp³-hybridized carbons (Fsp3) is 0.500. The van der Waals surface area contributed by atoms with Gasteiger partial charge in [0.1, 0.15) is 5.71 Å². The molecule has 0 aromatic heterocycles. The summed E-state index contributed by atoms with van der Waals surface area (Å²) in [6.07, 6.45) is 1.63. The Labute approximate surface area is 59.4 Å². The molecule has 10 heavy (non-hydrogen) atoms. The van der Waals surface area contributed by atoms with Crippen LogP contribution >= 0.6 is 0 Å². The van der Waals surface area contributed by atoms with E-state index in [1.54, 1.807) is 6.20 Å². The predicted octanol–water partition coefficient (Wildman–Crippen LogP) is 0.775. The van der Waals surface area contributed by atoms with Crippen molar-refractivity contribution in [3.63, 3.8) is 0 Å². The van der Waals surface area contributed by atoms with Gasteiger partial charge in [-0.25, -0.2) is 5.48 Å². The van der Waals surface area contributed by atoms with Crippen LogP contribution in [-0.2, 0) is 9.68 Å². The SMILES string of the molecule is CCOC1=CNON=C1C. The molecule has 1 rings (SSSR count). The molecule has 0 radical (unpaired) electrons. The third-order valence-corrected chi connectivity index (χ3v) is 1.08. The Morgan fingerprint density at radius 3 is 3.20 bits per heavy atom. The lowest BCUT2D eigenvalue weighted by molar-refractivity contribution is 0.0662. The van der Waals surface area contributed by atoms with Crippen molar-refractivity contribution >= 4 is 5.71 Å². The minimum Gasteiger partial charge on any atom is -0.490 e. The summed E-state index contributed by atoms with van der Waals surface area (Å²) in [5.74, 6) is 0.730. The minimum atomic E-state index is 0.639. The van der Waals surface area contributed by atoms with Gasteiger partial charge < -0.3 is 4.74 Å². The van der Waals surface area contributed by atoms with E-state index in [1.807, 2.05) is 13.8 Å². The maximum atomic E-state index is 5.18. The van der Waals surface area contributed by atoms with Gasteiger partial charge in [0.05, 0.1) is 12.8 Å². The molecule has 1 aliphatic heterocycles. The molecule has 1 aliphatic rings. The fourth-order valence-corrected chi connectivity index (χ4v) is 0.626. The number of ether oxygens (including phenoxy) is 1. The van der Waals surface area contributed by atoms with E-state index in [0.717, 1.165) is 11.5 Å².